The second-order valence-corrected chi connectivity index (χ2v) is 23.5. The number of ether oxygens (including phenoxy) is 10. The molecule has 20 heteroatoms. The summed E-state index contributed by atoms with van der Waals surface area (Å²) in [6.45, 7) is 24.4. The molecule has 6 aliphatic rings. The minimum absolute atomic E-state index is 0. The Hall–Kier alpha value is -5.77. The van der Waals surface area contributed by atoms with Crippen molar-refractivity contribution in [1.82, 2.24) is 4.98 Å². The van der Waals surface area contributed by atoms with Crippen molar-refractivity contribution in [2.24, 2.45) is 23.7 Å². The Morgan fingerprint density at radius 3 is 2.14 bits per heavy atom. The van der Waals surface area contributed by atoms with Gasteiger partial charge >= 0.3 is 6.16 Å². The van der Waals surface area contributed by atoms with Gasteiger partial charge in [0.2, 0.25) is 11.0 Å². The first-order valence-corrected chi connectivity index (χ1v) is 27.6. The van der Waals surface area contributed by atoms with Crippen LogP contribution in [0.2, 0.25) is 0 Å². The zero-order valence-electron chi connectivity index (χ0n) is 48.0. The average Bonchev–Trinajstić information content (AvgIpc) is 3.63. The maximum absolute atomic E-state index is 14.9. The van der Waals surface area contributed by atoms with E-state index in [2.05, 4.69) is 5.32 Å². The molecule has 81 heavy (non-hydrogen) atoms. The van der Waals surface area contributed by atoms with Crippen molar-refractivity contribution < 1.29 is 76.1 Å². The summed E-state index contributed by atoms with van der Waals surface area (Å²) in [5.41, 5.74) is -1.13. The van der Waals surface area contributed by atoms with E-state index in [9.17, 15) is 29.1 Å². The predicted molar refractivity (Wildman–Crippen MR) is 304 cm³/mol. The monoisotopic (exact) mass is 1150 g/mol. The van der Waals surface area contributed by atoms with Gasteiger partial charge in [0.25, 0.3) is 5.91 Å². The minimum Gasteiger partial charge on any atom is -0.505 e. The lowest BCUT2D eigenvalue weighted by molar-refractivity contribution is -0.336. The van der Waals surface area contributed by atoms with Gasteiger partial charge < -0.3 is 62.2 Å². The van der Waals surface area contributed by atoms with Crippen LogP contribution in [-0.4, -0.2) is 120 Å². The predicted octanol–water partition coefficient (Wildman–Crippen LogP) is 11.3. The van der Waals surface area contributed by atoms with Crippen molar-refractivity contribution in [2.75, 3.05) is 32.2 Å². The highest BCUT2D eigenvalue weighted by molar-refractivity contribution is 6.63. The third-order valence-corrected chi connectivity index (χ3v) is 15.7. The van der Waals surface area contributed by atoms with E-state index >= 15 is 0 Å². The summed E-state index contributed by atoms with van der Waals surface area (Å²) in [5, 5.41) is 14.4. The summed E-state index contributed by atoms with van der Waals surface area (Å²) in [6.07, 6.45) is 6.16. The standard InChI is InChI=1S/C52H62N2O14.C8H13ClO3.CH4/c1-25-17-15-18-26(2)48(58)54-39-41(56)36-35(38-46(39)63-34-20-14-13-19-32(34)53-38)37-45(28(4)40(36)55)68-52(11,47(37)57)22-16-21-33(60-12)27(3)43(30(6)44-29(5)42(25)66-51(9,10)67-44)64-49(59)61-23-31-24-62-50(7,8)65-31;1-8(2)11-5-6(12-8)3-4-7(9)10;/h13-21,25,27,29-31,33,42-44,56H,22-24H2,1-12H3,(H,54,58);6H,3-5H2,1-2H3;1H4/b17-15+,21-16+,26-18-;;/t25-,27+,29+,30-,31?,33-,42-,43+,44+,52+;;/m0../s1. The smallest absolute Gasteiger partial charge is 0.505 e. The summed E-state index contributed by atoms with van der Waals surface area (Å²) in [7, 11) is 1.55. The van der Waals surface area contributed by atoms with Crippen LogP contribution in [0, 0.1) is 30.6 Å². The molecule has 0 radical (unpaired) electrons. The van der Waals surface area contributed by atoms with Crippen LogP contribution >= 0.6 is 11.6 Å². The van der Waals surface area contributed by atoms with Crippen LogP contribution in [0.3, 0.4) is 0 Å². The van der Waals surface area contributed by atoms with Gasteiger partial charge in [-0.25, -0.2) is 9.78 Å². The third-order valence-electron chi connectivity index (χ3n) is 15.5. The Balaban J connectivity index is 0.000000646. The zero-order chi connectivity index (χ0) is 58.4. The number of anilines is 1. The molecule has 6 aliphatic heterocycles. The normalized spacial score (nSPS) is 31.3. The van der Waals surface area contributed by atoms with Gasteiger partial charge in [-0.05, 0) is 92.5 Å². The van der Waals surface area contributed by atoms with Crippen molar-refractivity contribution in [3.8, 4) is 11.5 Å². The van der Waals surface area contributed by atoms with E-state index in [-0.39, 0.29) is 106 Å². The number of nitrogens with one attached hydrogen (secondary N) is 1. The number of allylic oxidation sites excluding steroid dienone is 2. The number of nitrogens with zero attached hydrogens (tertiary/aromatic N) is 1. The van der Waals surface area contributed by atoms with Crippen LogP contribution in [-0.2, 0) is 52.2 Å². The van der Waals surface area contributed by atoms with E-state index in [1.807, 2.05) is 61.5 Å². The number of fused-ring (bicyclic) bond motifs is 10. The Labute approximate surface area is 477 Å². The molecule has 4 aromatic rings. The third kappa shape index (κ3) is 13.5. The number of para-hydroxylation sites is 2. The van der Waals surface area contributed by atoms with Gasteiger partial charge in [0.1, 0.15) is 41.3 Å². The summed E-state index contributed by atoms with van der Waals surface area (Å²) in [5.74, 6) is -5.34. The first-order valence-electron chi connectivity index (χ1n) is 27.2. The van der Waals surface area contributed by atoms with Crippen molar-refractivity contribution in [3.05, 3.63) is 81.6 Å². The highest BCUT2D eigenvalue weighted by atomic mass is 35.5. The number of carbonyl (C=O) groups is 4. The number of ketones is 1. The van der Waals surface area contributed by atoms with Crippen LogP contribution in [0.15, 0.2) is 69.4 Å². The number of methoxy groups -OCH3 is 1. The molecule has 1 aromatic heterocycles. The minimum atomic E-state index is -1.53. The van der Waals surface area contributed by atoms with Gasteiger partial charge in [0, 0.05) is 60.1 Å². The molecular formula is C61H79ClN2O17. The number of hydrogen-bond donors (Lipinski definition) is 2. The summed E-state index contributed by atoms with van der Waals surface area (Å²) in [6, 6.07) is 6.92. The topological polar surface area (TPSA) is 236 Å². The van der Waals surface area contributed by atoms with Crippen LogP contribution in [0.25, 0.3) is 33.0 Å². The number of hydrogen-bond acceptors (Lipinski definition) is 18. The van der Waals surface area contributed by atoms with Crippen LogP contribution < -0.4 is 15.5 Å². The number of rotatable bonds is 7. The highest BCUT2D eigenvalue weighted by Crippen LogP contribution is 2.49. The molecule has 442 valence electrons. The molecular weight excluding hydrogens is 1070 g/mol. The molecule has 10 rings (SSSR count). The summed E-state index contributed by atoms with van der Waals surface area (Å²) in [4.78, 5) is 72.3. The lowest BCUT2D eigenvalue weighted by Gasteiger charge is -2.50. The lowest BCUT2D eigenvalue weighted by Crippen LogP contribution is -2.56. The summed E-state index contributed by atoms with van der Waals surface area (Å²) < 4.78 is 66.4. The molecule has 7 heterocycles. The zero-order valence-corrected chi connectivity index (χ0v) is 48.8. The fraction of sp³-hybridized carbons (Fsp3) is 0.574. The molecule has 11 atom stereocenters. The number of halogens is 1. The number of aromatic nitrogens is 1. The van der Waals surface area contributed by atoms with Gasteiger partial charge in [-0.3, -0.25) is 19.2 Å². The van der Waals surface area contributed by atoms with E-state index in [0.29, 0.717) is 30.5 Å². The Morgan fingerprint density at radius 1 is 0.840 bits per heavy atom. The number of carbonyl (C=O) groups excluding carboxylic acids is 4. The summed E-state index contributed by atoms with van der Waals surface area (Å²) >= 11 is 5.19. The van der Waals surface area contributed by atoms with Gasteiger partial charge in [0.05, 0.1) is 48.6 Å². The molecule has 3 fully saturated rings. The van der Waals surface area contributed by atoms with E-state index in [1.54, 1.807) is 83.4 Å². The first-order chi connectivity index (χ1) is 37.5. The molecule has 1 amide bonds. The van der Waals surface area contributed by atoms with Crippen LogP contribution in [0.1, 0.15) is 126 Å². The second-order valence-electron chi connectivity index (χ2n) is 23.1. The number of amides is 1. The van der Waals surface area contributed by atoms with E-state index in [4.69, 9.17) is 68.4 Å². The maximum atomic E-state index is 14.9. The largest absolute Gasteiger partial charge is 0.508 e. The number of phenolic OH excluding ortho intramolecular Hbond substituents is 1. The molecule has 2 unspecified atom stereocenters. The van der Waals surface area contributed by atoms with Gasteiger partial charge in [-0.2, -0.15) is 0 Å². The number of benzene rings is 3. The Bertz CT molecular complexity index is 3200. The van der Waals surface area contributed by atoms with Crippen molar-refractivity contribution in [1.29, 1.82) is 0 Å². The Morgan fingerprint density at radius 2 is 1.49 bits per heavy atom. The van der Waals surface area contributed by atoms with Gasteiger partial charge in [-0.15, -0.1) is 0 Å². The number of aromatic hydroxyl groups is 1. The molecule has 3 aromatic carbocycles. The van der Waals surface area contributed by atoms with Crippen LogP contribution in [0.5, 0.6) is 11.5 Å². The lowest BCUT2D eigenvalue weighted by atomic mass is 9.77. The SMILES string of the molecule is C.CC1(C)OCC(CCC(=O)Cl)O1.CO[C@H]1/C=C/C[C@@]2(C)Oc3c(C)c(=O)c4c(O)c(c5oc6ccccc6nc5c4c3C2=O)NC(=O)/C(C)=C\C=C\[C@H](C)[C@@H]2OC(C)(C)O[C@@H]([C@@H](C)[C@H](OC(=O)OCC3COC(C)(C)O3)[C@@H]1C)[C@@H]2C. The number of phenols is 1. The van der Waals surface area contributed by atoms with Gasteiger partial charge in [0.15, 0.2) is 45.3 Å². The second kappa shape index (κ2) is 24.6. The average molecular weight is 1150 g/mol. The van der Waals surface area contributed by atoms with E-state index in [0.717, 1.165) is 0 Å². The molecule has 3 saturated heterocycles. The fourth-order valence-corrected chi connectivity index (χ4v) is 11.4. The molecule has 0 saturated carbocycles. The van der Waals surface area contributed by atoms with Crippen molar-refractivity contribution in [2.45, 2.75) is 176 Å². The number of Topliss-reactive ketones (excluding diaryl/α,β-unsaturated/α-hetero) is 1. The molecule has 0 spiro atoms. The van der Waals surface area contributed by atoms with Crippen molar-refractivity contribution in [3.63, 3.8) is 0 Å². The van der Waals surface area contributed by atoms with E-state index < -0.39 is 88.2 Å². The Kier molecular flexibility index (Phi) is 19.1. The quantitative estimate of drug-likeness (QED) is 0.0437. The molecule has 0 aliphatic carbocycles. The molecule has 7 bridgehead atoms. The first kappa shape index (κ1) is 62.8. The van der Waals surface area contributed by atoms with Gasteiger partial charge in [-0.1, -0.05) is 77.6 Å². The van der Waals surface area contributed by atoms with E-state index in [1.165, 1.54) is 6.92 Å². The van der Waals surface area contributed by atoms with Crippen LogP contribution in [0.4, 0.5) is 10.5 Å². The fourth-order valence-electron chi connectivity index (χ4n) is 11.3. The van der Waals surface area contributed by atoms with Crippen molar-refractivity contribution >= 4 is 73.3 Å². The molecule has 2 N–H and O–H groups in total. The molecule has 19 nitrogen and oxygen atoms in total. The maximum Gasteiger partial charge on any atom is 0.508 e. The highest BCUT2D eigenvalue weighted by Gasteiger charge is 2.50.